The lowest BCUT2D eigenvalue weighted by Crippen LogP contribution is -2.15. The first-order chi connectivity index (χ1) is 2.81. The van der Waals surface area contributed by atoms with E-state index in [2.05, 4.69) is 25.8 Å². The minimum atomic E-state index is 0. The highest BCUT2D eigenvalue weighted by Crippen LogP contribution is 1.73. The molecule has 0 N–H and O–H groups in total. The van der Waals surface area contributed by atoms with Gasteiger partial charge in [0.2, 0.25) is 0 Å². The van der Waals surface area contributed by atoms with Crippen molar-refractivity contribution < 1.29 is 4.70 Å². The molecule has 2 heteroatoms. The minimum Gasteiger partial charge on any atom is -0.307 e. The SMILES string of the molecule is CCN(C)CC.F. The van der Waals surface area contributed by atoms with Gasteiger partial charge >= 0.3 is 0 Å². The number of hydrogen-bond acceptors (Lipinski definition) is 1. The quantitative estimate of drug-likeness (QED) is 0.511. The van der Waals surface area contributed by atoms with E-state index in [1.165, 1.54) is 0 Å². The van der Waals surface area contributed by atoms with E-state index in [-0.39, 0.29) is 4.70 Å². The van der Waals surface area contributed by atoms with Gasteiger partial charge in [0.15, 0.2) is 0 Å². The molecule has 7 heavy (non-hydrogen) atoms. The monoisotopic (exact) mass is 107 g/mol. The van der Waals surface area contributed by atoms with E-state index in [4.69, 9.17) is 0 Å². The Hall–Kier alpha value is -0.110. The van der Waals surface area contributed by atoms with Gasteiger partial charge in [-0.3, -0.25) is 4.70 Å². The lowest BCUT2D eigenvalue weighted by molar-refractivity contribution is 0.373. The number of hydrogen-bond donors (Lipinski definition) is 0. The van der Waals surface area contributed by atoms with E-state index in [1.807, 2.05) is 0 Å². The Morgan fingerprint density at radius 3 is 1.43 bits per heavy atom. The molecule has 46 valence electrons. The first-order valence-corrected chi connectivity index (χ1v) is 2.49. The molecule has 0 radical (unpaired) electrons. The zero-order valence-electron chi connectivity index (χ0n) is 5.27. The zero-order valence-corrected chi connectivity index (χ0v) is 5.27. The predicted octanol–water partition coefficient (Wildman–Crippen LogP) is 1.11. The third-order valence-electron chi connectivity index (χ3n) is 1.08. The van der Waals surface area contributed by atoms with Gasteiger partial charge in [-0.2, -0.15) is 0 Å². The molecule has 0 bridgehead atoms. The van der Waals surface area contributed by atoms with Gasteiger partial charge in [0, 0.05) is 0 Å². The van der Waals surface area contributed by atoms with Crippen molar-refractivity contribution in [3.05, 3.63) is 0 Å². The van der Waals surface area contributed by atoms with Gasteiger partial charge in [0.25, 0.3) is 0 Å². The van der Waals surface area contributed by atoms with Gasteiger partial charge in [0.05, 0.1) is 0 Å². The number of rotatable bonds is 2. The summed E-state index contributed by atoms with van der Waals surface area (Å²) in [7, 11) is 2.11. The van der Waals surface area contributed by atoms with Crippen molar-refractivity contribution in [2.45, 2.75) is 13.8 Å². The molecule has 0 rings (SSSR count). The van der Waals surface area contributed by atoms with Crippen LogP contribution in [-0.4, -0.2) is 25.0 Å². The second-order valence-corrected chi connectivity index (χ2v) is 1.49. The fourth-order valence-corrected chi connectivity index (χ4v) is 0.224. The fourth-order valence-electron chi connectivity index (χ4n) is 0.224. The molecule has 0 spiro atoms. The summed E-state index contributed by atoms with van der Waals surface area (Å²) in [5.41, 5.74) is 0. The summed E-state index contributed by atoms with van der Waals surface area (Å²) in [6.07, 6.45) is 0. The van der Waals surface area contributed by atoms with Crippen LogP contribution in [0.15, 0.2) is 0 Å². The number of halogens is 1. The Morgan fingerprint density at radius 2 is 1.43 bits per heavy atom. The van der Waals surface area contributed by atoms with Gasteiger partial charge < -0.3 is 4.90 Å². The molecule has 1 nitrogen and oxygen atoms in total. The van der Waals surface area contributed by atoms with E-state index in [0.29, 0.717) is 0 Å². The van der Waals surface area contributed by atoms with Crippen molar-refractivity contribution in [3.8, 4) is 0 Å². The molecule has 0 aromatic carbocycles. The van der Waals surface area contributed by atoms with E-state index >= 15 is 0 Å². The van der Waals surface area contributed by atoms with Crippen LogP contribution in [0.25, 0.3) is 0 Å². The second kappa shape index (κ2) is 5.89. The molecule has 0 fully saturated rings. The molecular formula is C5H14FN. The van der Waals surface area contributed by atoms with Gasteiger partial charge in [-0.25, -0.2) is 0 Å². The average molecular weight is 107 g/mol. The maximum absolute atomic E-state index is 2.25. The van der Waals surface area contributed by atoms with Crippen molar-refractivity contribution in [2.75, 3.05) is 20.1 Å². The van der Waals surface area contributed by atoms with Crippen LogP contribution in [0.5, 0.6) is 0 Å². The average Bonchev–Trinajstić information content (AvgIpc) is 1.65. The Balaban J connectivity index is 0. The Morgan fingerprint density at radius 1 is 1.14 bits per heavy atom. The first-order valence-electron chi connectivity index (χ1n) is 2.49. The highest BCUT2D eigenvalue weighted by molar-refractivity contribution is 4.36. The van der Waals surface area contributed by atoms with Crippen molar-refractivity contribution in [1.82, 2.24) is 4.90 Å². The maximum Gasteiger partial charge on any atom is -0.00504 e. The standard InChI is InChI=1S/C5H13N.FH/c1-4-6(3)5-2;/h4-5H2,1-3H3;1H. The van der Waals surface area contributed by atoms with Gasteiger partial charge in [-0.1, -0.05) is 13.8 Å². The Kier molecular flexibility index (Phi) is 8.41. The van der Waals surface area contributed by atoms with Crippen LogP contribution < -0.4 is 0 Å². The summed E-state index contributed by atoms with van der Waals surface area (Å²) in [5.74, 6) is 0. The second-order valence-electron chi connectivity index (χ2n) is 1.49. The molecule has 0 saturated heterocycles. The van der Waals surface area contributed by atoms with Crippen molar-refractivity contribution >= 4 is 0 Å². The lowest BCUT2D eigenvalue weighted by Gasteiger charge is -2.07. The molecule has 0 heterocycles. The summed E-state index contributed by atoms with van der Waals surface area (Å²) in [5, 5.41) is 0. The van der Waals surface area contributed by atoms with Gasteiger partial charge in [-0.15, -0.1) is 0 Å². The third kappa shape index (κ3) is 5.89. The van der Waals surface area contributed by atoms with E-state index in [9.17, 15) is 0 Å². The Labute approximate surface area is 44.7 Å². The number of nitrogens with zero attached hydrogens (tertiary/aromatic N) is 1. The van der Waals surface area contributed by atoms with Crippen LogP contribution in [0.2, 0.25) is 0 Å². The maximum atomic E-state index is 2.25. The van der Waals surface area contributed by atoms with Crippen LogP contribution in [-0.2, 0) is 0 Å². The topological polar surface area (TPSA) is 3.24 Å². The normalized spacial score (nSPS) is 8.57. The van der Waals surface area contributed by atoms with E-state index in [1.54, 1.807) is 0 Å². The van der Waals surface area contributed by atoms with Crippen LogP contribution in [0.3, 0.4) is 0 Å². The molecule has 0 aromatic heterocycles. The van der Waals surface area contributed by atoms with Gasteiger partial charge in [0.1, 0.15) is 0 Å². The highest BCUT2D eigenvalue weighted by Gasteiger charge is 1.81. The summed E-state index contributed by atoms with van der Waals surface area (Å²) in [4.78, 5) is 2.25. The molecule has 0 aliphatic rings. The molecule has 0 aliphatic carbocycles. The molecule has 0 aliphatic heterocycles. The van der Waals surface area contributed by atoms with Crippen LogP contribution in [0.1, 0.15) is 13.8 Å². The first kappa shape index (κ1) is 10.00. The van der Waals surface area contributed by atoms with Crippen molar-refractivity contribution in [2.24, 2.45) is 0 Å². The molecule has 0 aromatic rings. The predicted molar refractivity (Wildman–Crippen MR) is 31.3 cm³/mol. The third-order valence-corrected chi connectivity index (χ3v) is 1.08. The van der Waals surface area contributed by atoms with E-state index in [0.717, 1.165) is 13.1 Å². The fraction of sp³-hybridized carbons (Fsp3) is 1.00. The molecule has 0 amide bonds. The summed E-state index contributed by atoms with van der Waals surface area (Å²) >= 11 is 0. The Bertz CT molecular complexity index is 27.3. The zero-order chi connectivity index (χ0) is 4.99. The summed E-state index contributed by atoms with van der Waals surface area (Å²) < 4.78 is 0. The highest BCUT2D eigenvalue weighted by atomic mass is 19.0. The van der Waals surface area contributed by atoms with Gasteiger partial charge in [-0.05, 0) is 20.1 Å². The molecular weight excluding hydrogens is 93.1 g/mol. The molecule has 0 unspecified atom stereocenters. The van der Waals surface area contributed by atoms with Crippen LogP contribution >= 0.6 is 0 Å². The summed E-state index contributed by atoms with van der Waals surface area (Å²) in [6.45, 7) is 6.64. The van der Waals surface area contributed by atoms with Crippen LogP contribution in [0.4, 0.5) is 4.70 Å². The smallest absolute Gasteiger partial charge is 0.00504 e. The molecule has 0 atom stereocenters. The largest absolute Gasteiger partial charge is 0.307 e. The summed E-state index contributed by atoms with van der Waals surface area (Å²) in [6, 6.07) is 0. The molecule has 0 saturated carbocycles. The lowest BCUT2D eigenvalue weighted by atomic mass is 10.6. The van der Waals surface area contributed by atoms with Crippen LogP contribution in [0, 0.1) is 0 Å². The van der Waals surface area contributed by atoms with Crippen molar-refractivity contribution in [3.63, 3.8) is 0 Å². The minimum absolute atomic E-state index is 0. The van der Waals surface area contributed by atoms with E-state index < -0.39 is 0 Å². The van der Waals surface area contributed by atoms with Crippen molar-refractivity contribution in [1.29, 1.82) is 0 Å².